The zero-order valence-corrected chi connectivity index (χ0v) is 15.3. The summed E-state index contributed by atoms with van der Waals surface area (Å²) in [5.41, 5.74) is 1.12. The van der Waals surface area contributed by atoms with Gasteiger partial charge in [0.15, 0.2) is 5.13 Å². The minimum absolute atomic E-state index is 0.202. The number of halogens is 1. The molecular weight excluding hydrogens is 376 g/mol. The molecular formula is C17H17ClN4O3S. The van der Waals surface area contributed by atoms with E-state index < -0.39 is 6.09 Å². The Morgan fingerprint density at radius 3 is 2.54 bits per heavy atom. The molecule has 0 atom stereocenters. The van der Waals surface area contributed by atoms with Crippen molar-refractivity contribution < 1.29 is 14.7 Å². The van der Waals surface area contributed by atoms with Crippen molar-refractivity contribution >= 4 is 51.5 Å². The van der Waals surface area contributed by atoms with Gasteiger partial charge in [-0.15, -0.1) is 0 Å². The van der Waals surface area contributed by atoms with E-state index in [1.54, 1.807) is 6.07 Å². The summed E-state index contributed by atoms with van der Waals surface area (Å²) in [5.74, 6) is 0.254. The summed E-state index contributed by atoms with van der Waals surface area (Å²) in [6.07, 6.45) is 8.15. The Labute approximate surface area is 159 Å². The lowest BCUT2D eigenvalue weighted by atomic mass is 9.99. The Kier molecular flexibility index (Phi) is 5.85. The normalized spacial score (nSPS) is 15.0. The van der Waals surface area contributed by atoms with E-state index in [1.165, 1.54) is 29.8 Å². The van der Waals surface area contributed by atoms with Gasteiger partial charge in [-0.2, -0.15) is 0 Å². The number of carbonyl (C=O) groups excluding carboxylic acids is 1. The number of carbonyl (C=O) groups is 2. The Morgan fingerprint density at radius 1 is 1.19 bits per heavy atom. The summed E-state index contributed by atoms with van der Waals surface area (Å²) in [6, 6.07) is 3.20. The molecule has 2 amide bonds. The maximum atomic E-state index is 12.8. The molecule has 26 heavy (non-hydrogen) atoms. The second kappa shape index (κ2) is 8.29. The molecule has 1 aliphatic rings. The number of amides is 2. The second-order valence-corrected chi connectivity index (χ2v) is 7.57. The molecule has 1 saturated carbocycles. The summed E-state index contributed by atoms with van der Waals surface area (Å²) in [6.45, 7) is 0. The summed E-state index contributed by atoms with van der Waals surface area (Å²) in [4.78, 5) is 31.6. The number of nitrogens with zero attached hydrogens (tertiary/aromatic N) is 2. The van der Waals surface area contributed by atoms with Gasteiger partial charge < -0.3 is 5.11 Å². The molecule has 1 aliphatic carbocycles. The van der Waals surface area contributed by atoms with Gasteiger partial charge in [0.05, 0.1) is 6.20 Å². The maximum absolute atomic E-state index is 12.8. The van der Waals surface area contributed by atoms with Gasteiger partial charge >= 0.3 is 6.09 Å². The number of thiazole rings is 1. The lowest BCUT2D eigenvalue weighted by molar-refractivity contribution is -0.111. The SMILES string of the molecule is O=C(O)Nc1ccc(C(=CC2CCCC2)C(=O)Nc2ncc(Cl)s2)cn1. The lowest BCUT2D eigenvalue weighted by Crippen LogP contribution is -2.15. The Balaban J connectivity index is 1.85. The van der Waals surface area contributed by atoms with E-state index in [9.17, 15) is 9.59 Å². The highest BCUT2D eigenvalue weighted by molar-refractivity contribution is 7.19. The molecule has 0 bridgehead atoms. The van der Waals surface area contributed by atoms with Crippen LogP contribution in [0, 0.1) is 5.92 Å². The van der Waals surface area contributed by atoms with Crippen molar-refractivity contribution in [2.24, 2.45) is 5.92 Å². The molecule has 0 spiro atoms. The second-order valence-electron chi connectivity index (χ2n) is 5.91. The third-order valence-corrected chi connectivity index (χ3v) is 5.08. The van der Waals surface area contributed by atoms with E-state index >= 15 is 0 Å². The third kappa shape index (κ3) is 4.80. The minimum Gasteiger partial charge on any atom is -0.465 e. The van der Waals surface area contributed by atoms with Crippen molar-refractivity contribution in [3.8, 4) is 0 Å². The lowest BCUT2D eigenvalue weighted by Gasteiger charge is -2.11. The Morgan fingerprint density at radius 2 is 1.96 bits per heavy atom. The molecule has 3 N–H and O–H groups in total. The highest BCUT2D eigenvalue weighted by atomic mass is 35.5. The van der Waals surface area contributed by atoms with Gasteiger partial charge in [0.1, 0.15) is 10.2 Å². The highest BCUT2D eigenvalue weighted by Gasteiger charge is 2.19. The average Bonchev–Trinajstić information content (AvgIpc) is 3.25. The van der Waals surface area contributed by atoms with Crippen LogP contribution in [0.5, 0.6) is 0 Å². The number of aromatic nitrogens is 2. The molecule has 1 fully saturated rings. The van der Waals surface area contributed by atoms with Crippen molar-refractivity contribution in [3.63, 3.8) is 0 Å². The van der Waals surface area contributed by atoms with Crippen LogP contribution >= 0.6 is 22.9 Å². The summed E-state index contributed by atoms with van der Waals surface area (Å²) < 4.78 is 0.493. The fourth-order valence-corrected chi connectivity index (χ4v) is 3.68. The van der Waals surface area contributed by atoms with Crippen molar-refractivity contribution in [2.75, 3.05) is 10.6 Å². The fourth-order valence-electron chi connectivity index (χ4n) is 2.88. The van der Waals surface area contributed by atoms with E-state index in [0.29, 0.717) is 26.5 Å². The first-order valence-electron chi connectivity index (χ1n) is 8.12. The fraction of sp³-hybridized carbons (Fsp3) is 0.294. The maximum Gasteiger partial charge on any atom is 0.410 e. The predicted octanol–water partition coefficient (Wildman–Crippen LogP) is 4.49. The van der Waals surface area contributed by atoms with Crippen LogP contribution in [0.3, 0.4) is 0 Å². The van der Waals surface area contributed by atoms with Crippen LogP contribution in [0.25, 0.3) is 5.57 Å². The topological polar surface area (TPSA) is 104 Å². The molecule has 0 unspecified atom stereocenters. The van der Waals surface area contributed by atoms with Crippen molar-refractivity contribution in [2.45, 2.75) is 25.7 Å². The smallest absolute Gasteiger partial charge is 0.410 e. The largest absolute Gasteiger partial charge is 0.465 e. The molecule has 136 valence electrons. The zero-order chi connectivity index (χ0) is 18.5. The van der Waals surface area contributed by atoms with Gasteiger partial charge in [0.2, 0.25) is 0 Å². The Bertz CT molecular complexity index is 829. The van der Waals surface area contributed by atoms with Crippen LogP contribution in [-0.4, -0.2) is 27.1 Å². The number of pyridine rings is 1. The third-order valence-electron chi connectivity index (χ3n) is 4.05. The molecule has 0 saturated heterocycles. The minimum atomic E-state index is -1.19. The molecule has 7 nitrogen and oxygen atoms in total. The van der Waals surface area contributed by atoms with Crippen LogP contribution in [-0.2, 0) is 4.79 Å². The number of carboxylic acid groups (broad SMARTS) is 1. The highest BCUT2D eigenvalue weighted by Crippen LogP contribution is 2.30. The number of rotatable bonds is 5. The monoisotopic (exact) mass is 392 g/mol. The van der Waals surface area contributed by atoms with E-state index in [2.05, 4.69) is 20.6 Å². The van der Waals surface area contributed by atoms with Gasteiger partial charge in [0, 0.05) is 17.3 Å². The number of allylic oxidation sites excluding steroid dienone is 1. The van der Waals surface area contributed by atoms with Crippen molar-refractivity contribution in [3.05, 3.63) is 40.5 Å². The van der Waals surface area contributed by atoms with Gasteiger partial charge in [-0.05, 0) is 30.9 Å². The first kappa shape index (κ1) is 18.3. The van der Waals surface area contributed by atoms with Gasteiger partial charge in [-0.25, -0.2) is 14.8 Å². The summed E-state index contributed by atoms with van der Waals surface area (Å²) in [5, 5.41) is 14.1. The number of nitrogens with one attached hydrogen (secondary N) is 2. The van der Waals surface area contributed by atoms with Crippen LogP contribution in [0.1, 0.15) is 31.2 Å². The van der Waals surface area contributed by atoms with Crippen molar-refractivity contribution in [1.29, 1.82) is 0 Å². The summed E-state index contributed by atoms with van der Waals surface area (Å²) in [7, 11) is 0. The van der Waals surface area contributed by atoms with E-state index in [1.807, 2.05) is 6.08 Å². The number of hydrogen-bond donors (Lipinski definition) is 3. The van der Waals surface area contributed by atoms with Crippen molar-refractivity contribution in [1.82, 2.24) is 9.97 Å². The van der Waals surface area contributed by atoms with Crippen LogP contribution < -0.4 is 10.6 Å². The molecule has 3 rings (SSSR count). The van der Waals surface area contributed by atoms with Gasteiger partial charge in [-0.3, -0.25) is 15.4 Å². The van der Waals surface area contributed by atoms with E-state index in [4.69, 9.17) is 16.7 Å². The molecule has 9 heteroatoms. The number of anilines is 2. The quantitative estimate of drug-likeness (QED) is 0.650. The predicted molar refractivity (Wildman–Crippen MR) is 102 cm³/mol. The molecule has 0 aliphatic heterocycles. The first-order valence-corrected chi connectivity index (χ1v) is 9.31. The zero-order valence-electron chi connectivity index (χ0n) is 13.7. The van der Waals surface area contributed by atoms with E-state index in [-0.39, 0.29) is 11.7 Å². The molecule has 0 aromatic carbocycles. The molecule has 2 aromatic heterocycles. The van der Waals surface area contributed by atoms with Crippen LogP contribution in [0.4, 0.5) is 15.7 Å². The summed E-state index contributed by atoms with van der Waals surface area (Å²) >= 11 is 7.05. The van der Waals surface area contributed by atoms with Gasteiger partial charge in [-0.1, -0.05) is 41.9 Å². The first-order chi connectivity index (χ1) is 12.5. The molecule has 0 radical (unpaired) electrons. The molecule has 2 heterocycles. The standard InChI is InChI=1S/C17H17ClN4O3S/c18-13-9-20-16(26-13)22-15(23)12(7-10-3-1-2-4-10)11-5-6-14(19-8-11)21-17(24)25/h5-10H,1-4H2,(H,19,21)(H,24,25)(H,20,22,23). The van der Waals surface area contributed by atoms with E-state index in [0.717, 1.165) is 25.7 Å². The average molecular weight is 393 g/mol. The Hall–Kier alpha value is -2.45. The number of hydrogen-bond acceptors (Lipinski definition) is 5. The van der Waals surface area contributed by atoms with Crippen LogP contribution in [0.2, 0.25) is 4.34 Å². The van der Waals surface area contributed by atoms with Gasteiger partial charge in [0.25, 0.3) is 5.91 Å². The molecule has 2 aromatic rings. The van der Waals surface area contributed by atoms with Crippen LogP contribution in [0.15, 0.2) is 30.6 Å².